The molecule has 2 amide bonds. The second kappa shape index (κ2) is 10.8. The van der Waals surface area contributed by atoms with Gasteiger partial charge in [0.25, 0.3) is 23.1 Å². The number of non-ortho nitro benzene ring substituents is 1. The van der Waals surface area contributed by atoms with Gasteiger partial charge in [0, 0.05) is 24.7 Å². The Balaban J connectivity index is 1.72. The number of hydrogen-bond acceptors (Lipinski definition) is 5. The van der Waals surface area contributed by atoms with Crippen molar-refractivity contribution >= 4 is 29.3 Å². The van der Waals surface area contributed by atoms with Crippen LogP contribution in [-0.2, 0) is 11.8 Å². The fourth-order valence-electron chi connectivity index (χ4n) is 3.85. The molecule has 4 aromatic rings. The summed E-state index contributed by atoms with van der Waals surface area (Å²) < 4.78 is 3.03. The number of aromatic nitrogens is 2. The number of amides is 2. The Labute approximate surface area is 218 Å². The standard InChI is InChI=1S/C28H25N5O5/c1-18-12-14-21(15-13-18)26(34)29-24(17-20-8-7-11-23(16-20)33(37)38)27(35)30-25-19(2)31(3)32(28(25)36)22-9-5-4-6-10-22/h4-17H,1-3H3,(H,29,34)(H,30,35)/b24-17-. The zero-order valence-corrected chi connectivity index (χ0v) is 21.0. The molecule has 0 saturated heterocycles. The van der Waals surface area contributed by atoms with Crippen molar-refractivity contribution in [2.24, 2.45) is 7.05 Å². The lowest BCUT2D eigenvalue weighted by Gasteiger charge is -2.11. The lowest BCUT2D eigenvalue weighted by atomic mass is 10.1. The average Bonchev–Trinajstić information content (AvgIpc) is 3.12. The Bertz CT molecular complexity index is 1620. The topological polar surface area (TPSA) is 128 Å². The predicted octanol–water partition coefficient (Wildman–Crippen LogP) is 4.11. The van der Waals surface area contributed by atoms with E-state index in [1.54, 1.807) is 73.3 Å². The lowest BCUT2D eigenvalue weighted by Crippen LogP contribution is -2.32. The third-order valence-electron chi connectivity index (χ3n) is 5.99. The van der Waals surface area contributed by atoms with Gasteiger partial charge in [-0.2, -0.15) is 0 Å². The normalized spacial score (nSPS) is 11.2. The highest BCUT2D eigenvalue weighted by molar-refractivity contribution is 6.10. The lowest BCUT2D eigenvalue weighted by molar-refractivity contribution is -0.384. The van der Waals surface area contributed by atoms with Crippen LogP contribution in [-0.4, -0.2) is 26.1 Å². The van der Waals surface area contributed by atoms with Gasteiger partial charge in [0.15, 0.2) is 0 Å². The number of rotatable bonds is 7. The highest BCUT2D eigenvalue weighted by Crippen LogP contribution is 2.18. The zero-order valence-electron chi connectivity index (χ0n) is 21.0. The number of nitro benzene ring substituents is 1. The fourth-order valence-corrected chi connectivity index (χ4v) is 3.85. The molecule has 0 aliphatic rings. The maximum Gasteiger partial charge on any atom is 0.295 e. The Morgan fingerprint density at radius 2 is 1.63 bits per heavy atom. The fraction of sp³-hybridized carbons (Fsp3) is 0.107. The first-order valence-corrected chi connectivity index (χ1v) is 11.6. The number of nitro groups is 1. The third-order valence-corrected chi connectivity index (χ3v) is 5.99. The van der Waals surface area contributed by atoms with Crippen LogP contribution >= 0.6 is 0 Å². The van der Waals surface area contributed by atoms with Gasteiger partial charge in [-0.25, -0.2) is 4.68 Å². The van der Waals surface area contributed by atoms with E-state index < -0.39 is 22.3 Å². The number of para-hydroxylation sites is 1. The van der Waals surface area contributed by atoms with Crippen LogP contribution in [0.15, 0.2) is 89.4 Å². The van der Waals surface area contributed by atoms with Crippen molar-refractivity contribution in [3.8, 4) is 5.69 Å². The molecule has 0 saturated carbocycles. The molecule has 38 heavy (non-hydrogen) atoms. The van der Waals surface area contributed by atoms with Crippen LogP contribution in [0.25, 0.3) is 11.8 Å². The molecule has 0 aliphatic heterocycles. The summed E-state index contributed by atoms with van der Waals surface area (Å²) in [6.07, 6.45) is 1.32. The summed E-state index contributed by atoms with van der Waals surface area (Å²) in [4.78, 5) is 50.3. The molecule has 0 spiro atoms. The molecule has 2 N–H and O–H groups in total. The van der Waals surface area contributed by atoms with Crippen molar-refractivity contribution in [2.45, 2.75) is 13.8 Å². The summed E-state index contributed by atoms with van der Waals surface area (Å²) in [5, 5.41) is 16.4. The highest BCUT2D eigenvalue weighted by Gasteiger charge is 2.21. The van der Waals surface area contributed by atoms with E-state index in [1.807, 2.05) is 13.0 Å². The summed E-state index contributed by atoms with van der Waals surface area (Å²) in [6, 6.07) is 21.3. The van der Waals surface area contributed by atoms with Gasteiger partial charge in [0.2, 0.25) is 0 Å². The molecule has 10 heteroatoms. The number of carbonyl (C=O) groups excluding carboxylic acids is 2. The van der Waals surface area contributed by atoms with Crippen LogP contribution in [0.1, 0.15) is 27.2 Å². The smallest absolute Gasteiger partial charge is 0.295 e. The zero-order chi connectivity index (χ0) is 27.4. The molecule has 0 fully saturated rings. The molecule has 1 heterocycles. The summed E-state index contributed by atoms with van der Waals surface area (Å²) in [6.45, 7) is 3.57. The third kappa shape index (κ3) is 5.44. The minimum Gasteiger partial charge on any atom is -0.317 e. The average molecular weight is 512 g/mol. The van der Waals surface area contributed by atoms with Crippen molar-refractivity contribution in [2.75, 3.05) is 5.32 Å². The quantitative estimate of drug-likeness (QED) is 0.219. The number of benzene rings is 3. The molecular formula is C28H25N5O5. The maximum atomic E-state index is 13.4. The van der Waals surface area contributed by atoms with Crippen LogP contribution < -0.4 is 16.2 Å². The van der Waals surface area contributed by atoms with E-state index >= 15 is 0 Å². The first-order valence-electron chi connectivity index (χ1n) is 11.6. The second-order valence-electron chi connectivity index (χ2n) is 8.62. The predicted molar refractivity (Wildman–Crippen MR) is 144 cm³/mol. The van der Waals surface area contributed by atoms with E-state index in [0.717, 1.165) is 5.56 Å². The van der Waals surface area contributed by atoms with Gasteiger partial charge >= 0.3 is 0 Å². The number of hydrogen-bond donors (Lipinski definition) is 2. The van der Waals surface area contributed by atoms with Crippen molar-refractivity contribution < 1.29 is 14.5 Å². The van der Waals surface area contributed by atoms with Crippen LogP contribution in [0, 0.1) is 24.0 Å². The Morgan fingerprint density at radius 1 is 0.947 bits per heavy atom. The Morgan fingerprint density at radius 3 is 2.29 bits per heavy atom. The van der Waals surface area contributed by atoms with Crippen molar-refractivity contribution in [3.05, 3.63) is 127 Å². The first-order chi connectivity index (χ1) is 18.2. The molecule has 4 rings (SSSR count). The molecule has 0 unspecified atom stereocenters. The molecule has 0 aliphatic carbocycles. The van der Waals surface area contributed by atoms with Gasteiger partial charge in [0.1, 0.15) is 11.4 Å². The van der Waals surface area contributed by atoms with Crippen molar-refractivity contribution in [1.82, 2.24) is 14.7 Å². The van der Waals surface area contributed by atoms with E-state index in [4.69, 9.17) is 0 Å². The summed E-state index contributed by atoms with van der Waals surface area (Å²) >= 11 is 0. The van der Waals surface area contributed by atoms with Gasteiger partial charge in [-0.1, -0.05) is 48.0 Å². The number of anilines is 1. The summed E-state index contributed by atoms with van der Waals surface area (Å²) in [7, 11) is 1.69. The van der Waals surface area contributed by atoms with Crippen LogP contribution in [0.4, 0.5) is 11.4 Å². The van der Waals surface area contributed by atoms with Crippen molar-refractivity contribution in [3.63, 3.8) is 0 Å². The van der Waals surface area contributed by atoms with Crippen LogP contribution in [0.5, 0.6) is 0 Å². The van der Waals surface area contributed by atoms with E-state index in [-0.39, 0.29) is 17.1 Å². The van der Waals surface area contributed by atoms with Gasteiger partial charge in [0.05, 0.1) is 16.3 Å². The molecule has 0 bridgehead atoms. The number of nitrogens with zero attached hydrogens (tertiary/aromatic N) is 3. The SMILES string of the molecule is Cc1ccc(C(=O)N/C(=C\c2cccc([N+](=O)[O-])c2)C(=O)Nc2c(C)n(C)n(-c3ccccc3)c2=O)cc1. The van der Waals surface area contributed by atoms with Gasteiger partial charge in [-0.05, 0) is 49.8 Å². The minimum absolute atomic E-state index is 0.0379. The van der Waals surface area contributed by atoms with Gasteiger partial charge in [-0.3, -0.25) is 29.2 Å². The Kier molecular flexibility index (Phi) is 7.33. The van der Waals surface area contributed by atoms with Crippen LogP contribution in [0.3, 0.4) is 0 Å². The first kappa shape index (κ1) is 25.8. The summed E-state index contributed by atoms with van der Waals surface area (Å²) in [5.41, 5.74) is 1.92. The molecule has 1 aromatic heterocycles. The monoisotopic (exact) mass is 511 g/mol. The maximum absolute atomic E-state index is 13.4. The number of carbonyl (C=O) groups is 2. The van der Waals surface area contributed by atoms with Crippen molar-refractivity contribution in [1.29, 1.82) is 0 Å². The number of aryl methyl sites for hydroxylation is 1. The molecule has 3 aromatic carbocycles. The molecule has 0 radical (unpaired) electrons. The van der Waals surface area contributed by atoms with E-state index in [9.17, 15) is 24.5 Å². The molecular weight excluding hydrogens is 486 g/mol. The van der Waals surface area contributed by atoms with Crippen LogP contribution in [0.2, 0.25) is 0 Å². The highest BCUT2D eigenvalue weighted by atomic mass is 16.6. The Hall–Kier alpha value is -5.25. The largest absolute Gasteiger partial charge is 0.317 e. The number of nitrogens with one attached hydrogen (secondary N) is 2. The molecule has 0 atom stereocenters. The van der Waals surface area contributed by atoms with E-state index in [0.29, 0.717) is 22.5 Å². The van der Waals surface area contributed by atoms with Gasteiger partial charge in [-0.15, -0.1) is 0 Å². The van der Waals surface area contributed by atoms with E-state index in [2.05, 4.69) is 10.6 Å². The molecule has 10 nitrogen and oxygen atoms in total. The second-order valence-corrected chi connectivity index (χ2v) is 8.62. The molecule has 192 valence electrons. The van der Waals surface area contributed by atoms with Gasteiger partial charge < -0.3 is 10.6 Å². The van der Waals surface area contributed by atoms with E-state index in [1.165, 1.54) is 29.0 Å². The summed E-state index contributed by atoms with van der Waals surface area (Å²) in [5.74, 6) is -1.31. The minimum atomic E-state index is -0.761.